The summed E-state index contributed by atoms with van der Waals surface area (Å²) in [5.74, 6) is 0.698. The van der Waals surface area contributed by atoms with Crippen molar-refractivity contribution in [1.29, 1.82) is 0 Å². The molecule has 0 aromatic carbocycles. The highest BCUT2D eigenvalue weighted by Gasteiger charge is 2.32. The Morgan fingerprint density at radius 3 is 2.87 bits per heavy atom. The number of anilines is 1. The number of ether oxygens (including phenoxy) is 1. The Morgan fingerprint density at radius 1 is 1.43 bits per heavy atom. The minimum absolute atomic E-state index is 0.220. The topological polar surface area (TPSA) is 85.8 Å². The van der Waals surface area contributed by atoms with E-state index in [-0.39, 0.29) is 12.0 Å². The molecule has 0 radical (unpaired) electrons. The molecule has 0 saturated carbocycles. The van der Waals surface area contributed by atoms with Gasteiger partial charge in [-0.2, -0.15) is 5.10 Å². The average Bonchev–Trinajstić information content (AvgIpc) is 3.02. The molecule has 124 valence electrons. The van der Waals surface area contributed by atoms with Crippen molar-refractivity contribution in [2.45, 2.75) is 45.6 Å². The second-order valence-electron chi connectivity index (χ2n) is 7.07. The van der Waals surface area contributed by atoms with Gasteiger partial charge in [0, 0.05) is 24.7 Å². The van der Waals surface area contributed by atoms with Crippen molar-refractivity contribution in [3.8, 4) is 0 Å². The summed E-state index contributed by atoms with van der Waals surface area (Å²) in [4.78, 5) is 18.0. The van der Waals surface area contributed by atoms with Crippen molar-refractivity contribution in [3.63, 3.8) is 0 Å². The van der Waals surface area contributed by atoms with Crippen molar-refractivity contribution in [2.75, 3.05) is 18.8 Å². The molecule has 2 aromatic heterocycles. The molecule has 2 N–H and O–H groups in total. The summed E-state index contributed by atoms with van der Waals surface area (Å²) in [6.45, 7) is 8.95. The number of hydrogen-bond donors (Lipinski definition) is 1. The van der Waals surface area contributed by atoms with E-state index in [0.29, 0.717) is 18.9 Å². The predicted octanol–water partition coefficient (Wildman–Crippen LogP) is 2.34. The van der Waals surface area contributed by atoms with Gasteiger partial charge in [0.1, 0.15) is 17.4 Å². The predicted molar refractivity (Wildman–Crippen MR) is 87.3 cm³/mol. The molecular formula is C16H23N5O2. The van der Waals surface area contributed by atoms with E-state index in [1.54, 1.807) is 4.90 Å². The first-order valence-electron chi connectivity index (χ1n) is 7.83. The number of carbonyl (C=O) groups excluding carboxylic acids is 1. The molecule has 0 unspecified atom stereocenters. The number of rotatable bonds is 1. The lowest BCUT2D eigenvalue weighted by Crippen LogP contribution is -2.35. The second-order valence-corrected chi connectivity index (χ2v) is 7.07. The molecular weight excluding hydrogens is 294 g/mol. The Balaban J connectivity index is 1.83. The van der Waals surface area contributed by atoms with Crippen molar-refractivity contribution in [1.82, 2.24) is 19.5 Å². The van der Waals surface area contributed by atoms with Crippen molar-refractivity contribution < 1.29 is 9.53 Å². The van der Waals surface area contributed by atoms with Crippen LogP contribution in [0.25, 0.3) is 5.52 Å². The van der Waals surface area contributed by atoms with Crippen LogP contribution in [0, 0.1) is 6.92 Å². The van der Waals surface area contributed by atoms with Crippen molar-refractivity contribution in [3.05, 3.63) is 23.7 Å². The van der Waals surface area contributed by atoms with Gasteiger partial charge in [0.25, 0.3) is 0 Å². The molecule has 3 heterocycles. The SMILES string of the molecule is Cc1cc([C@@H]2CCN(C(=O)OC(C)(C)C)C2)n2ncnc(N)c12. The van der Waals surface area contributed by atoms with Crippen LogP contribution >= 0.6 is 0 Å². The average molecular weight is 317 g/mol. The molecule has 2 aromatic rings. The molecule has 3 rings (SSSR count). The van der Waals surface area contributed by atoms with E-state index in [2.05, 4.69) is 16.1 Å². The third kappa shape index (κ3) is 2.95. The smallest absolute Gasteiger partial charge is 0.410 e. The Hall–Kier alpha value is -2.31. The molecule has 1 amide bonds. The monoisotopic (exact) mass is 317 g/mol. The van der Waals surface area contributed by atoms with Gasteiger partial charge in [-0.1, -0.05) is 0 Å². The normalized spacial score (nSPS) is 18.6. The zero-order valence-corrected chi connectivity index (χ0v) is 14.0. The Morgan fingerprint density at radius 2 is 2.17 bits per heavy atom. The first-order valence-corrected chi connectivity index (χ1v) is 7.83. The standard InChI is InChI=1S/C16H23N5O2/c1-10-7-12(21-13(10)14(17)18-9-19-21)11-5-6-20(8-11)15(22)23-16(2,3)4/h7,9,11H,5-6,8H2,1-4H3,(H2,17,18,19)/t11-/m1/s1. The van der Waals surface area contributed by atoms with Gasteiger partial charge >= 0.3 is 6.09 Å². The fourth-order valence-electron chi connectivity index (χ4n) is 3.07. The van der Waals surface area contributed by atoms with Crippen molar-refractivity contribution >= 4 is 17.4 Å². The first kappa shape index (κ1) is 15.6. The number of amides is 1. The van der Waals surface area contributed by atoms with Gasteiger partial charge in [-0.3, -0.25) is 0 Å². The summed E-state index contributed by atoms with van der Waals surface area (Å²) in [6.07, 6.45) is 2.09. The minimum Gasteiger partial charge on any atom is -0.444 e. The van der Waals surface area contributed by atoms with Gasteiger partial charge < -0.3 is 15.4 Å². The molecule has 1 aliphatic rings. The molecule has 7 heteroatoms. The van der Waals surface area contributed by atoms with Crippen LogP contribution in [-0.2, 0) is 4.74 Å². The van der Waals surface area contributed by atoms with E-state index in [0.717, 1.165) is 23.2 Å². The van der Waals surface area contributed by atoms with Crippen LogP contribution in [0.15, 0.2) is 12.4 Å². The van der Waals surface area contributed by atoms with Crippen LogP contribution in [0.5, 0.6) is 0 Å². The maximum atomic E-state index is 12.2. The van der Waals surface area contributed by atoms with E-state index in [1.165, 1.54) is 6.33 Å². The molecule has 7 nitrogen and oxygen atoms in total. The maximum Gasteiger partial charge on any atom is 0.410 e. The molecule has 1 aliphatic heterocycles. The summed E-state index contributed by atoms with van der Waals surface area (Å²) in [6, 6.07) is 2.09. The van der Waals surface area contributed by atoms with Crippen LogP contribution in [-0.4, -0.2) is 44.3 Å². The minimum atomic E-state index is -0.477. The molecule has 1 atom stereocenters. The Labute approximate surface area is 135 Å². The van der Waals surface area contributed by atoms with E-state index in [9.17, 15) is 4.79 Å². The number of nitrogens with two attached hydrogens (primary N) is 1. The number of hydrogen-bond acceptors (Lipinski definition) is 5. The van der Waals surface area contributed by atoms with Crippen LogP contribution in [0.3, 0.4) is 0 Å². The van der Waals surface area contributed by atoms with Gasteiger partial charge in [0.15, 0.2) is 5.82 Å². The summed E-state index contributed by atoms with van der Waals surface area (Å²) >= 11 is 0. The quantitative estimate of drug-likeness (QED) is 0.872. The lowest BCUT2D eigenvalue weighted by atomic mass is 10.1. The molecule has 1 saturated heterocycles. The number of fused-ring (bicyclic) bond motifs is 1. The first-order chi connectivity index (χ1) is 10.8. The van der Waals surface area contributed by atoms with Crippen LogP contribution in [0.2, 0.25) is 0 Å². The maximum absolute atomic E-state index is 12.2. The molecule has 0 bridgehead atoms. The van der Waals surface area contributed by atoms with Crippen LogP contribution in [0.4, 0.5) is 10.6 Å². The third-order valence-electron chi connectivity index (χ3n) is 4.06. The van der Waals surface area contributed by atoms with E-state index >= 15 is 0 Å². The zero-order chi connectivity index (χ0) is 16.8. The van der Waals surface area contributed by atoms with E-state index in [4.69, 9.17) is 10.5 Å². The highest BCUT2D eigenvalue weighted by molar-refractivity contribution is 5.71. The number of nitrogens with zero attached hydrogens (tertiary/aromatic N) is 4. The second kappa shape index (κ2) is 5.40. The van der Waals surface area contributed by atoms with Gasteiger partial charge in [0.2, 0.25) is 0 Å². The highest BCUT2D eigenvalue weighted by Crippen LogP contribution is 2.31. The molecule has 0 aliphatic carbocycles. The number of aromatic nitrogens is 3. The van der Waals surface area contributed by atoms with Gasteiger partial charge in [-0.25, -0.2) is 14.3 Å². The third-order valence-corrected chi connectivity index (χ3v) is 4.06. The summed E-state index contributed by atoms with van der Waals surface area (Å²) in [5, 5.41) is 4.33. The van der Waals surface area contributed by atoms with Gasteiger partial charge in [-0.05, 0) is 45.7 Å². The summed E-state index contributed by atoms with van der Waals surface area (Å²) < 4.78 is 7.30. The van der Waals surface area contributed by atoms with Crippen molar-refractivity contribution in [2.24, 2.45) is 0 Å². The van der Waals surface area contributed by atoms with Gasteiger partial charge in [-0.15, -0.1) is 0 Å². The van der Waals surface area contributed by atoms with E-state index < -0.39 is 5.60 Å². The zero-order valence-electron chi connectivity index (χ0n) is 14.0. The van der Waals surface area contributed by atoms with Crippen LogP contribution < -0.4 is 5.73 Å². The fraction of sp³-hybridized carbons (Fsp3) is 0.562. The number of likely N-dealkylation sites (tertiary alicyclic amines) is 1. The number of carbonyl (C=O) groups is 1. The highest BCUT2D eigenvalue weighted by atomic mass is 16.6. The largest absolute Gasteiger partial charge is 0.444 e. The lowest BCUT2D eigenvalue weighted by Gasteiger charge is -2.24. The fourth-order valence-corrected chi connectivity index (χ4v) is 3.07. The Kier molecular flexibility index (Phi) is 3.66. The molecule has 0 spiro atoms. The summed E-state index contributed by atoms with van der Waals surface area (Å²) in [5.41, 5.74) is 8.44. The number of aryl methyl sites for hydroxylation is 1. The lowest BCUT2D eigenvalue weighted by molar-refractivity contribution is 0.0292. The van der Waals surface area contributed by atoms with Crippen LogP contribution in [0.1, 0.15) is 44.4 Å². The number of nitrogen functional groups attached to an aromatic ring is 1. The van der Waals surface area contributed by atoms with Gasteiger partial charge in [0.05, 0.1) is 0 Å². The summed E-state index contributed by atoms with van der Waals surface area (Å²) in [7, 11) is 0. The van der Waals surface area contributed by atoms with E-state index in [1.807, 2.05) is 32.2 Å². The molecule has 23 heavy (non-hydrogen) atoms. The Bertz CT molecular complexity index is 747. The molecule has 1 fully saturated rings.